The van der Waals surface area contributed by atoms with Crippen LogP contribution in [0, 0.1) is 6.92 Å². The molecule has 1 atom stereocenters. The van der Waals surface area contributed by atoms with Crippen LogP contribution in [0.15, 0.2) is 18.3 Å². The monoisotopic (exact) mass is 252 g/mol. The average Bonchev–Trinajstić information content (AvgIpc) is 2.28. The van der Waals surface area contributed by atoms with Gasteiger partial charge in [-0.05, 0) is 39.3 Å². The predicted molar refractivity (Wildman–Crippen MR) is 72.4 cm³/mol. The van der Waals surface area contributed by atoms with E-state index in [0.29, 0.717) is 19.7 Å². The number of aliphatic hydroxyl groups excluding tert-OH is 1. The van der Waals surface area contributed by atoms with Crippen LogP contribution in [0.1, 0.15) is 32.0 Å². The molecule has 2 N–H and O–H groups in total. The molecular weight excluding hydrogens is 228 g/mol. The highest BCUT2D eigenvalue weighted by atomic mass is 16.5. The molecule has 1 unspecified atom stereocenters. The van der Waals surface area contributed by atoms with Crippen molar-refractivity contribution in [1.82, 2.24) is 10.3 Å². The van der Waals surface area contributed by atoms with E-state index in [4.69, 9.17) is 4.74 Å². The van der Waals surface area contributed by atoms with Crippen molar-refractivity contribution in [2.24, 2.45) is 0 Å². The molecule has 0 bridgehead atoms. The number of aryl methyl sites for hydroxylation is 1. The van der Waals surface area contributed by atoms with Crippen molar-refractivity contribution in [3.63, 3.8) is 0 Å². The standard InChI is InChI=1S/C14H24N2O2/c1-11-5-6-12(8-16-11)7-15-9-13(17)10-18-14(2,3)4/h5-6,8,13,15,17H,7,9-10H2,1-4H3. The van der Waals surface area contributed by atoms with E-state index < -0.39 is 6.10 Å². The van der Waals surface area contributed by atoms with Crippen LogP contribution in [0.4, 0.5) is 0 Å². The molecule has 0 aliphatic carbocycles. The molecule has 102 valence electrons. The summed E-state index contributed by atoms with van der Waals surface area (Å²) in [6.45, 7) is 9.47. The van der Waals surface area contributed by atoms with Gasteiger partial charge in [0.05, 0.1) is 18.3 Å². The number of rotatable bonds is 6. The number of pyridine rings is 1. The number of hydrogen-bond acceptors (Lipinski definition) is 4. The van der Waals surface area contributed by atoms with Crippen LogP contribution in [0.5, 0.6) is 0 Å². The average molecular weight is 252 g/mol. The van der Waals surface area contributed by atoms with Crippen LogP contribution in [0.3, 0.4) is 0 Å². The fourth-order valence-corrected chi connectivity index (χ4v) is 1.39. The van der Waals surface area contributed by atoms with Crippen molar-refractivity contribution in [3.05, 3.63) is 29.6 Å². The largest absolute Gasteiger partial charge is 0.389 e. The Labute approximate surface area is 109 Å². The number of nitrogens with one attached hydrogen (secondary N) is 1. The van der Waals surface area contributed by atoms with Gasteiger partial charge in [-0.15, -0.1) is 0 Å². The van der Waals surface area contributed by atoms with Crippen molar-refractivity contribution in [2.75, 3.05) is 13.2 Å². The van der Waals surface area contributed by atoms with Crippen molar-refractivity contribution >= 4 is 0 Å². The number of aliphatic hydroxyl groups is 1. The van der Waals surface area contributed by atoms with Gasteiger partial charge in [0.25, 0.3) is 0 Å². The molecule has 4 nitrogen and oxygen atoms in total. The molecule has 0 spiro atoms. The second kappa shape index (κ2) is 6.83. The van der Waals surface area contributed by atoms with E-state index in [2.05, 4.69) is 10.3 Å². The van der Waals surface area contributed by atoms with Gasteiger partial charge in [-0.3, -0.25) is 4.98 Å². The van der Waals surface area contributed by atoms with Crippen molar-refractivity contribution in [1.29, 1.82) is 0 Å². The minimum absolute atomic E-state index is 0.206. The van der Waals surface area contributed by atoms with Gasteiger partial charge in [0.2, 0.25) is 0 Å². The highest BCUT2D eigenvalue weighted by Crippen LogP contribution is 2.06. The van der Waals surface area contributed by atoms with Crippen molar-refractivity contribution < 1.29 is 9.84 Å². The summed E-state index contributed by atoms with van der Waals surface area (Å²) in [6.07, 6.45) is 1.36. The minimum Gasteiger partial charge on any atom is -0.389 e. The first kappa shape index (κ1) is 15.1. The van der Waals surface area contributed by atoms with Crippen LogP contribution in [-0.4, -0.2) is 34.9 Å². The Kier molecular flexibility index (Phi) is 5.72. The molecule has 0 fully saturated rings. The van der Waals surface area contributed by atoms with Crippen LogP contribution in [-0.2, 0) is 11.3 Å². The van der Waals surface area contributed by atoms with Gasteiger partial charge in [-0.2, -0.15) is 0 Å². The number of nitrogens with zero attached hydrogens (tertiary/aromatic N) is 1. The molecule has 0 saturated heterocycles. The second-order valence-corrected chi connectivity index (χ2v) is 5.52. The van der Waals surface area contributed by atoms with E-state index in [9.17, 15) is 5.11 Å². The third-order valence-electron chi connectivity index (χ3n) is 2.39. The first-order valence-electron chi connectivity index (χ1n) is 6.31. The zero-order chi connectivity index (χ0) is 13.6. The summed E-state index contributed by atoms with van der Waals surface area (Å²) in [4.78, 5) is 4.22. The maximum atomic E-state index is 9.73. The number of aromatic nitrogens is 1. The summed E-state index contributed by atoms with van der Waals surface area (Å²) in [7, 11) is 0. The molecule has 0 amide bonds. The Morgan fingerprint density at radius 3 is 2.67 bits per heavy atom. The first-order chi connectivity index (χ1) is 8.37. The molecule has 1 aromatic heterocycles. The molecule has 1 rings (SSSR count). The molecule has 0 radical (unpaired) electrons. The van der Waals surface area contributed by atoms with Gasteiger partial charge < -0.3 is 15.2 Å². The van der Waals surface area contributed by atoms with Gasteiger partial charge >= 0.3 is 0 Å². The molecule has 0 saturated carbocycles. The van der Waals surface area contributed by atoms with Crippen LogP contribution < -0.4 is 5.32 Å². The summed E-state index contributed by atoms with van der Waals surface area (Å²) in [6, 6.07) is 4.02. The summed E-state index contributed by atoms with van der Waals surface area (Å²) in [5, 5.41) is 12.9. The Morgan fingerprint density at radius 1 is 1.39 bits per heavy atom. The van der Waals surface area contributed by atoms with E-state index in [1.54, 1.807) is 0 Å². The zero-order valence-electron chi connectivity index (χ0n) is 11.7. The SMILES string of the molecule is Cc1ccc(CNCC(O)COC(C)(C)C)cn1. The molecule has 0 aromatic carbocycles. The normalized spacial score (nSPS) is 13.6. The third kappa shape index (κ3) is 6.69. The van der Waals surface area contributed by atoms with E-state index in [0.717, 1.165) is 11.3 Å². The van der Waals surface area contributed by atoms with Gasteiger partial charge in [-0.1, -0.05) is 6.07 Å². The molecule has 18 heavy (non-hydrogen) atoms. The van der Waals surface area contributed by atoms with E-state index >= 15 is 0 Å². The second-order valence-electron chi connectivity index (χ2n) is 5.52. The Bertz CT molecular complexity index is 344. The highest BCUT2D eigenvalue weighted by Gasteiger charge is 2.13. The molecule has 4 heteroatoms. The maximum absolute atomic E-state index is 9.73. The lowest BCUT2D eigenvalue weighted by molar-refractivity contribution is -0.0479. The molecule has 0 aliphatic rings. The van der Waals surface area contributed by atoms with Crippen LogP contribution >= 0.6 is 0 Å². The van der Waals surface area contributed by atoms with Gasteiger partial charge in [-0.25, -0.2) is 0 Å². The van der Waals surface area contributed by atoms with Gasteiger partial charge in [0.15, 0.2) is 0 Å². The smallest absolute Gasteiger partial charge is 0.0898 e. The summed E-state index contributed by atoms with van der Waals surface area (Å²) >= 11 is 0. The lowest BCUT2D eigenvalue weighted by atomic mass is 10.2. The summed E-state index contributed by atoms with van der Waals surface area (Å²) < 4.78 is 5.51. The molecule has 0 aliphatic heterocycles. The molecular formula is C14H24N2O2. The maximum Gasteiger partial charge on any atom is 0.0898 e. The van der Waals surface area contributed by atoms with Crippen molar-refractivity contribution in [3.8, 4) is 0 Å². The van der Waals surface area contributed by atoms with Crippen LogP contribution in [0.25, 0.3) is 0 Å². The minimum atomic E-state index is -0.484. The van der Waals surface area contributed by atoms with E-state index in [-0.39, 0.29) is 5.60 Å². The topological polar surface area (TPSA) is 54.4 Å². The van der Waals surface area contributed by atoms with E-state index in [1.807, 2.05) is 46.0 Å². The Hall–Kier alpha value is -0.970. The summed E-state index contributed by atoms with van der Waals surface area (Å²) in [5.74, 6) is 0. The Morgan fingerprint density at radius 2 is 2.11 bits per heavy atom. The highest BCUT2D eigenvalue weighted by molar-refractivity contribution is 5.12. The Balaban J connectivity index is 2.19. The zero-order valence-corrected chi connectivity index (χ0v) is 11.7. The van der Waals surface area contributed by atoms with Crippen LogP contribution in [0.2, 0.25) is 0 Å². The lowest BCUT2D eigenvalue weighted by Crippen LogP contribution is -2.33. The molecule has 1 heterocycles. The van der Waals surface area contributed by atoms with Gasteiger partial charge in [0, 0.05) is 25.0 Å². The first-order valence-corrected chi connectivity index (χ1v) is 6.31. The quantitative estimate of drug-likeness (QED) is 0.808. The molecule has 1 aromatic rings. The van der Waals surface area contributed by atoms with Crippen molar-refractivity contribution in [2.45, 2.75) is 45.9 Å². The fraction of sp³-hybridized carbons (Fsp3) is 0.643. The van der Waals surface area contributed by atoms with E-state index in [1.165, 1.54) is 0 Å². The summed E-state index contributed by atoms with van der Waals surface area (Å²) in [5.41, 5.74) is 1.92. The third-order valence-corrected chi connectivity index (χ3v) is 2.39. The predicted octanol–water partition coefficient (Wildman–Crippen LogP) is 1.66. The number of ether oxygens (including phenoxy) is 1. The number of hydrogen-bond donors (Lipinski definition) is 2. The van der Waals surface area contributed by atoms with Gasteiger partial charge in [0.1, 0.15) is 0 Å². The lowest BCUT2D eigenvalue weighted by Gasteiger charge is -2.22. The fourth-order valence-electron chi connectivity index (χ4n) is 1.39.